The van der Waals surface area contributed by atoms with E-state index in [-0.39, 0.29) is 17.8 Å². The number of nitrogens with two attached hydrogens (primary N) is 1. The van der Waals surface area contributed by atoms with E-state index in [1.54, 1.807) is 18.1 Å². The summed E-state index contributed by atoms with van der Waals surface area (Å²) in [7, 11) is 3.95. The van der Waals surface area contributed by atoms with E-state index in [0.29, 0.717) is 30.6 Å². The van der Waals surface area contributed by atoms with Crippen molar-refractivity contribution in [2.75, 3.05) is 57.0 Å². The van der Waals surface area contributed by atoms with E-state index in [1.807, 2.05) is 19.1 Å². The number of urea groups is 1. The van der Waals surface area contributed by atoms with Crippen LogP contribution in [0, 0.1) is 0 Å². The van der Waals surface area contributed by atoms with Gasteiger partial charge < -0.3 is 31.1 Å². The van der Waals surface area contributed by atoms with Crippen LogP contribution in [0.1, 0.15) is 54.6 Å². The summed E-state index contributed by atoms with van der Waals surface area (Å²) in [6, 6.07) is 8.26. The summed E-state index contributed by atoms with van der Waals surface area (Å²) in [6.45, 7) is 6.25. The van der Waals surface area contributed by atoms with Crippen molar-refractivity contribution < 1.29 is 9.59 Å². The van der Waals surface area contributed by atoms with Gasteiger partial charge in [-0.1, -0.05) is 12.1 Å². The number of nitrogens with one attached hydrogen (secondary N) is 2. The number of nitrogens with zero attached hydrogens (tertiary/aromatic N) is 5. The van der Waals surface area contributed by atoms with Crippen molar-refractivity contribution in [2.24, 2.45) is 5.73 Å². The number of likely N-dealkylation sites (tertiary alicyclic amines) is 1. The van der Waals surface area contributed by atoms with Crippen molar-refractivity contribution in [3.63, 3.8) is 0 Å². The molecular weight excluding hydrogens is 456 g/mol. The molecule has 10 nitrogen and oxygen atoms in total. The van der Waals surface area contributed by atoms with Gasteiger partial charge in [-0.25, -0.2) is 14.8 Å². The van der Waals surface area contributed by atoms with E-state index in [1.165, 1.54) is 5.56 Å². The molecule has 1 unspecified atom stereocenters. The molecule has 2 saturated heterocycles. The second-order valence-electron chi connectivity index (χ2n) is 9.86. The first-order chi connectivity index (χ1) is 17.3. The summed E-state index contributed by atoms with van der Waals surface area (Å²) in [6.07, 6.45) is 5.72. The Morgan fingerprint density at radius 3 is 2.53 bits per heavy atom. The lowest BCUT2D eigenvalue weighted by molar-refractivity contribution is 0.0996. The van der Waals surface area contributed by atoms with Gasteiger partial charge in [-0.05, 0) is 76.4 Å². The van der Waals surface area contributed by atoms with Gasteiger partial charge in [0.2, 0.25) is 0 Å². The average Bonchev–Trinajstić information content (AvgIpc) is 2.89. The fraction of sp³-hybridized carbons (Fsp3) is 0.538. The standard InChI is InChI=1S/C26H38N8O2/c1-4-33(3)26(36)30-21-6-5-13-34(17-21)22-16-28-23(24(27)35)25(31-22)29-20-9-7-18(8-10-20)19-11-14-32(2)15-12-19/h7-10,16,19,21H,4-6,11-15,17H2,1-3H3,(H2,27,35)(H,29,31)(H,30,36). The highest BCUT2D eigenvalue weighted by molar-refractivity contribution is 5.96. The van der Waals surface area contributed by atoms with Crippen molar-refractivity contribution in [1.29, 1.82) is 0 Å². The number of hydrogen-bond acceptors (Lipinski definition) is 7. The molecule has 0 spiro atoms. The highest BCUT2D eigenvalue weighted by Gasteiger charge is 2.25. The zero-order valence-corrected chi connectivity index (χ0v) is 21.5. The molecule has 0 radical (unpaired) electrons. The zero-order chi connectivity index (χ0) is 25.7. The van der Waals surface area contributed by atoms with Crippen molar-refractivity contribution in [2.45, 2.75) is 44.6 Å². The Morgan fingerprint density at radius 1 is 1.14 bits per heavy atom. The van der Waals surface area contributed by atoms with Gasteiger partial charge in [0.05, 0.1) is 6.20 Å². The first-order valence-corrected chi connectivity index (χ1v) is 12.8. The molecule has 36 heavy (non-hydrogen) atoms. The van der Waals surface area contributed by atoms with Gasteiger partial charge in [0, 0.05) is 38.4 Å². The van der Waals surface area contributed by atoms with Crippen LogP contribution in [-0.4, -0.2) is 84.6 Å². The highest BCUT2D eigenvalue weighted by atomic mass is 16.2. The molecule has 0 aliphatic carbocycles. The lowest BCUT2D eigenvalue weighted by Gasteiger charge is -2.34. The normalized spacial score (nSPS) is 19.1. The van der Waals surface area contributed by atoms with Crippen molar-refractivity contribution in [3.8, 4) is 0 Å². The molecule has 10 heteroatoms. The minimum Gasteiger partial charge on any atom is -0.364 e. The fourth-order valence-electron chi connectivity index (χ4n) is 4.85. The molecule has 2 aliphatic rings. The Kier molecular flexibility index (Phi) is 8.25. The van der Waals surface area contributed by atoms with Crippen molar-refractivity contribution in [1.82, 2.24) is 25.1 Å². The van der Waals surface area contributed by atoms with Gasteiger partial charge in [-0.15, -0.1) is 0 Å². The minimum absolute atomic E-state index is 0.0152. The number of aromatic nitrogens is 2. The van der Waals surface area contributed by atoms with Gasteiger partial charge >= 0.3 is 6.03 Å². The lowest BCUT2D eigenvalue weighted by atomic mass is 9.89. The summed E-state index contributed by atoms with van der Waals surface area (Å²) < 4.78 is 0. The summed E-state index contributed by atoms with van der Waals surface area (Å²) in [5, 5.41) is 6.34. The van der Waals surface area contributed by atoms with Crippen LogP contribution in [0.25, 0.3) is 0 Å². The van der Waals surface area contributed by atoms with E-state index in [4.69, 9.17) is 10.7 Å². The number of hydrogen-bond donors (Lipinski definition) is 3. The van der Waals surface area contributed by atoms with E-state index in [2.05, 4.69) is 44.6 Å². The molecule has 194 valence electrons. The Balaban J connectivity index is 1.47. The molecule has 3 amide bonds. The summed E-state index contributed by atoms with van der Waals surface area (Å²) in [4.78, 5) is 39.5. The van der Waals surface area contributed by atoms with Crippen molar-refractivity contribution in [3.05, 3.63) is 41.7 Å². The molecule has 1 atom stereocenters. The second-order valence-corrected chi connectivity index (χ2v) is 9.86. The average molecular weight is 495 g/mol. The Morgan fingerprint density at radius 2 is 1.86 bits per heavy atom. The molecule has 2 aromatic rings. The molecule has 0 bridgehead atoms. The largest absolute Gasteiger partial charge is 0.364 e. The first-order valence-electron chi connectivity index (χ1n) is 12.8. The van der Waals surface area contributed by atoms with Gasteiger partial charge in [-0.2, -0.15) is 0 Å². The third-order valence-electron chi connectivity index (χ3n) is 7.25. The van der Waals surface area contributed by atoms with Crippen LogP contribution in [0.2, 0.25) is 0 Å². The molecule has 1 aromatic heterocycles. The van der Waals surface area contributed by atoms with E-state index in [9.17, 15) is 9.59 Å². The minimum atomic E-state index is -0.633. The molecule has 2 aliphatic heterocycles. The van der Waals surface area contributed by atoms with Gasteiger partial charge in [-0.3, -0.25) is 4.79 Å². The molecular formula is C26H38N8O2. The van der Waals surface area contributed by atoms with Gasteiger partial charge in [0.1, 0.15) is 5.82 Å². The third kappa shape index (κ3) is 6.23. The number of piperidine rings is 2. The first kappa shape index (κ1) is 25.7. The Hall–Kier alpha value is -3.40. The number of carbonyl (C=O) groups is 2. The molecule has 3 heterocycles. The number of primary amides is 1. The van der Waals surface area contributed by atoms with E-state index >= 15 is 0 Å². The predicted molar refractivity (Wildman–Crippen MR) is 142 cm³/mol. The number of amides is 3. The zero-order valence-electron chi connectivity index (χ0n) is 21.5. The van der Waals surface area contributed by atoms with Crippen LogP contribution in [-0.2, 0) is 0 Å². The number of anilines is 3. The number of carbonyl (C=O) groups excluding carboxylic acids is 2. The monoisotopic (exact) mass is 494 g/mol. The van der Waals surface area contributed by atoms with Crippen LogP contribution in [0.3, 0.4) is 0 Å². The van der Waals surface area contributed by atoms with Gasteiger partial charge in [0.15, 0.2) is 11.5 Å². The van der Waals surface area contributed by atoms with E-state index < -0.39 is 5.91 Å². The quantitative estimate of drug-likeness (QED) is 0.541. The number of benzene rings is 1. The second kappa shape index (κ2) is 11.6. The molecule has 4 N–H and O–H groups in total. The summed E-state index contributed by atoms with van der Waals surface area (Å²) in [5.74, 6) is 0.923. The van der Waals surface area contributed by atoms with E-state index in [0.717, 1.165) is 51.0 Å². The number of rotatable bonds is 7. The van der Waals surface area contributed by atoms with Crippen LogP contribution < -0.4 is 21.3 Å². The maximum atomic E-state index is 12.3. The molecule has 1 aromatic carbocycles. The highest BCUT2D eigenvalue weighted by Crippen LogP contribution is 2.29. The molecule has 4 rings (SSSR count). The van der Waals surface area contributed by atoms with Gasteiger partial charge in [0.25, 0.3) is 5.91 Å². The molecule has 0 saturated carbocycles. The Bertz CT molecular complexity index is 1050. The molecule has 2 fully saturated rings. The smallest absolute Gasteiger partial charge is 0.317 e. The topological polar surface area (TPSA) is 120 Å². The van der Waals surface area contributed by atoms with Crippen LogP contribution >= 0.6 is 0 Å². The van der Waals surface area contributed by atoms with Crippen LogP contribution in [0.15, 0.2) is 30.5 Å². The fourth-order valence-corrected chi connectivity index (χ4v) is 4.85. The SMILES string of the molecule is CCN(C)C(=O)NC1CCCN(c2cnc(C(N)=O)c(Nc3ccc(C4CCN(C)CC4)cc3)n2)C1. The summed E-state index contributed by atoms with van der Waals surface area (Å²) in [5.41, 5.74) is 7.86. The van der Waals surface area contributed by atoms with Crippen LogP contribution in [0.5, 0.6) is 0 Å². The predicted octanol–water partition coefficient (Wildman–Crippen LogP) is 2.76. The lowest BCUT2D eigenvalue weighted by Crippen LogP contribution is -2.51. The van der Waals surface area contributed by atoms with Crippen LogP contribution in [0.4, 0.5) is 22.1 Å². The maximum Gasteiger partial charge on any atom is 0.317 e. The van der Waals surface area contributed by atoms with Crippen molar-refractivity contribution >= 4 is 29.3 Å². The maximum absolute atomic E-state index is 12.3. The third-order valence-corrected chi connectivity index (χ3v) is 7.25. The summed E-state index contributed by atoms with van der Waals surface area (Å²) >= 11 is 0. The Labute approximate surface area is 213 Å².